The molecular formula is C10H10BrNO4. The van der Waals surface area contributed by atoms with Gasteiger partial charge in [0.05, 0.1) is 18.5 Å². The highest BCUT2D eigenvalue weighted by Crippen LogP contribution is 2.26. The fourth-order valence-corrected chi connectivity index (χ4v) is 1.73. The number of nitro benzene ring substituents is 1. The van der Waals surface area contributed by atoms with E-state index in [1.807, 2.05) is 0 Å². The molecule has 0 unspecified atom stereocenters. The van der Waals surface area contributed by atoms with Gasteiger partial charge in [0, 0.05) is 16.6 Å². The molecule has 0 fully saturated rings. The summed E-state index contributed by atoms with van der Waals surface area (Å²) in [6.45, 7) is 1.78. The van der Waals surface area contributed by atoms with Crippen LogP contribution in [0.2, 0.25) is 0 Å². The molecule has 5 nitrogen and oxygen atoms in total. The number of methoxy groups -OCH3 is 1. The number of hydrogen-bond acceptors (Lipinski definition) is 4. The quantitative estimate of drug-likeness (QED) is 0.486. The molecule has 0 radical (unpaired) electrons. The first kappa shape index (κ1) is 12.6. The van der Waals surface area contributed by atoms with E-state index in [2.05, 4.69) is 20.7 Å². The first-order valence-corrected chi connectivity index (χ1v) is 5.25. The van der Waals surface area contributed by atoms with Crippen LogP contribution in [0.5, 0.6) is 0 Å². The predicted octanol–water partition coefficient (Wildman–Crippen LogP) is 2.38. The Morgan fingerprint density at radius 2 is 2.19 bits per heavy atom. The van der Waals surface area contributed by atoms with Crippen LogP contribution in [-0.2, 0) is 16.0 Å². The minimum atomic E-state index is -0.495. The van der Waals surface area contributed by atoms with E-state index >= 15 is 0 Å². The summed E-state index contributed by atoms with van der Waals surface area (Å²) in [5, 5.41) is 10.6. The lowest BCUT2D eigenvalue weighted by Gasteiger charge is -2.06. The third-order valence-electron chi connectivity index (χ3n) is 2.21. The summed E-state index contributed by atoms with van der Waals surface area (Å²) in [5.41, 5.74) is 1.35. The van der Waals surface area contributed by atoms with Crippen molar-refractivity contribution in [2.45, 2.75) is 13.3 Å². The maximum atomic E-state index is 11.1. The lowest BCUT2D eigenvalue weighted by Crippen LogP contribution is -2.06. The molecule has 0 N–H and O–H groups in total. The summed E-state index contributed by atoms with van der Waals surface area (Å²) in [6, 6.07) is 2.80. The molecule has 0 saturated heterocycles. The summed E-state index contributed by atoms with van der Waals surface area (Å²) in [7, 11) is 1.28. The Bertz CT molecular complexity index is 445. The number of carbonyl (C=O) groups excluding carboxylic acids is 1. The summed E-state index contributed by atoms with van der Waals surface area (Å²) in [5.74, 6) is -0.421. The molecule has 0 atom stereocenters. The number of ether oxygens (including phenoxy) is 1. The number of halogens is 1. The number of non-ortho nitro benzene ring substituents is 1. The Labute approximate surface area is 101 Å². The van der Waals surface area contributed by atoms with E-state index in [-0.39, 0.29) is 12.1 Å². The number of benzene rings is 1. The highest BCUT2D eigenvalue weighted by atomic mass is 79.9. The van der Waals surface area contributed by atoms with E-state index in [9.17, 15) is 14.9 Å². The van der Waals surface area contributed by atoms with Crippen molar-refractivity contribution in [3.05, 3.63) is 37.8 Å². The molecule has 1 aromatic carbocycles. The second-order valence-electron chi connectivity index (χ2n) is 3.22. The summed E-state index contributed by atoms with van der Waals surface area (Å²) >= 11 is 3.22. The van der Waals surface area contributed by atoms with Crippen molar-refractivity contribution in [1.82, 2.24) is 0 Å². The van der Waals surface area contributed by atoms with Gasteiger partial charge >= 0.3 is 5.97 Å². The predicted molar refractivity (Wildman–Crippen MR) is 61.3 cm³/mol. The molecule has 0 bridgehead atoms. The standard InChI is InChI=1S/C10H10BrNO4/c1-6-7(4-10(13)16-2)3-8(12(14)15)5-9(6)11/h3,5H,4H2,1-2H3. The summed E-state index contributed by atoms with van der Waals surface area (Å²) < 4.78 is 5.14. The molecule has 0 aliphatic carbocycles. The van der Waals surface area contributed by atoms with Gasteiger partial charge in [0.2, 0.25) is 0 Å². The minimum absolute atomic E-state index is 0.0304. The fraction of sp³-hybridized carbons (Fsp3) is 0.300. The third kappa shape index (κ3) is 2.79. The Balaban J connectivity index is 3.16. The van der Waals surface area contributed by atoms with Crippen molar-refractivity contribution < 1.29 is 14.5 Å². The molecule has 0 amide bonds. The summed E-state index contributed by atoms with van der Waals surface area (Å²) in [6.07, 6.45) is 0.0304. The first-order chi connectivity index (χ1) is 7.45. The molecule has 0 saturated carbocycles. The largest absolute Gasteiger partial charge is 0.469 e. The number of carbonyl (C=O) groups is 1. The molecule has 0 aliphatic heterocycles. The minimum Gasteiger partial charge on any atom is -0.469 e. The maximum Gasteiger partial charge on any atom is 0.309 e. The molecule has 1 rings (SSSR count). The maximum absolute atomic E-state index is 11.1. The van der Waals surface area contributed by atoms with E-state index in [1.54, 1.807) is 6.92 Å². The van der Waals surface area contributed by atoms with Crippen molar-refractivity contribution in [3.8, 4) is 0 Å². The Hall–Kier alpha value is -1.43. The number of rotatable bonds is 3. The molecule has 86 valence electrons. The topological polar surface area (TPSA) is 69.4 Å². The molecule has 16 heavy (non-hydrogen) atoms. The van der Waals surface area contributed by atoms with E-state index in [0.29, 0.717) is 10.0 Å². The van der Waals surface area contributed by atoms with Gasteiger partial charge in [0.25, 0.3) is 5.69 Å². The van der Waals surface area contributed by atoms with E-state index in [1.165, 1.54) is 19.2 Å². The average molecular weight is 288 g/mol. The van der Waals surface area contributed by atoms with Crippen molar-refractivity contribution in [3.63, 3.8) is 0 Å². The van der Waals surface area contributed by atoms with Gasteiger partial charge in [-0.25, -0.2) is 0 Å². The molecule has 0 spiro atoms. The zero-order valence-corrected chi connectivity index (χ0v) is 10.4. The van der Waals surface area contributed by atoms with Crippen molar-refractivity contribution in [2.75, 3.05) is 7.11 Å². The SMILES string of the molecule is COC(=O)Cc1cc([N+](=O)[O-])cc(Br)c1C. The second kappa shape index (κ2) is 5.07. The number of esters is 1. The lowest BCUT2D eigenvalue weighted by molar-refractivity contribution is -0.385. The van der Waals surface area contributed by atoms with Crippen molar-refractivity contribution >= 4 is 27.6 Å². The number of nitro groups is 1. The molecular weight excluding hydrogens is 278 g/mol. The number of hydrogen-bond donors (Lipinski definition) is 0. The van der Waals surface area contributed by atoms with E-state index in [0.717, 1.165) is 5.56 Å². The zero-order chi connectivity index (χ0) is 12.3. The van der Waals surface area contributed by atoms with Gasteiger partial charge in [-0.15, -0.1) is 0 Å². The van der Waals surface area contributed by atoms with Gasteiger partial charge in [0.1, 0.15) is 0 Å². The fourth-order valence-electron chi connectivity index (χ4n) is 1.24. The lowest BCUT2D eigenvalue weighted by atomic mass is 10.1. The van der Waals surface area contributed by atoms with Crippen LogP contribution >= 0.6 is 15.9 Å². The van der Waals surface area contributed by atoms with Crippen LogP contribution in [0.3, 0.4) is 0 Å². The molecule has 0 aliphatic rings. The zero-order valence-electron chi connectivity index (χ0n) is 8.82. The Morgan fingerprint density at radius 1 is 1.56 bits per heavy atom. The van der Waals surface area contributed by atoms with Gasteiger partial charge in [-0.2, -0.15) is 0 Å². The Morgan fingerprint density at radius 3 is 2.69 bits per heavy atom. The summed E-state index contributed by atoms with van der Waals surface area (Å²) in [4.78, 5) is 21.3. The van der Waals surface area contributed by atoms with Crippen LogP contribution in [0, 0.1) is 17.0 Å². The molecule has 1 aromatic rings. The van der Waals surface area contributed by atoms with Crippen LogP contribution in [0.15, 0.2) is 16.6 Å². The molecule has 6 heteroatoms. The van der Waals surface area contributed by atoms with Crippen molar-refractivity contribution in [1.29, 1.82) is 0 Å². The molecule has 0 aromatic heterocycles. The first-order valence-electron chi connectivity index (χ1n) is 4.46. The third-order valence-corrected chi connectivity index (χ3v) is 3.03. The number of nitrogens with zero attached hydrogens (tertiary/aromatic N) is 1. The van der Waals surface area contributed by atoms with Gasteiger partial charge in [-0.05, 0) is 18.1 Å². The van der Waals surface area contributed by atoms with Crippen molar-refractivity contribution in [2.24, 2.45) is 0 Å². The monoisotopic (exact) mass is 287 g/mol. The van der Waals surface area contributed by atoms with Gasteiger partial charge in [0.15, 0.2) is 0 Å². The smallest absolute Gasteiger partial charge is 0.309 e. The van der Waals surface area contributed by atoms with Gasteiger partial charge in [-0.3, -0.25) is 14.9 Å². The van der Waals surface area contributed by atoms with Gasteiger partial charge < -0.3 is 4.74 Å². The van der Waals surface area contributed by atoms with Crippen LogP contribution in [-0.4, -0.2) is 18.0 Å². The normalized spacial score (nSPS) is 9.94. The second-order valence-corrected chi connectivity index (χ2v) is 4.08. The van der Waals surface area contributed by atoms with Crippen LogP contribution in [0.1, 0.15) is 11.1 Å². The Kier molecular flexibility index (Phi) is 4.00. The highest BCUT2D eigenvalue weighted by molar-refractivity contribution is 9.10. The van der Waals surface area contributed by atoms with E-state index in [4.69, 9.17) is 0 Å². The van der Waals surface area contributed by atoms with Gasteiger partial charge in [-0.1, -0.05) is 15.9 Å². The molecule has 0 heterocycles. The highest BCUT2D eigenvalue weighted by Gasteiger charge is 2.15. The van der Waals surface area contributed by atoms with Crippen LogP contribution < -0.4 is 0 Å². The van der Waals surface area contributed by atoms with Crippen LogP contribution in [0.4, 0.5) is 5.69 Å². The van der Waals surface area contributed by atoms with E-state index < -0.39 is 10.9 Å². The van der Waals surface area contributed by atoms with Crippen LogP contribution in [0.25, 0.3) is 0 Å². The average Bonchev–Trinajstić information content (AvgIpc) is 2.23.